The Kier molecular flexibility index (Phi) is 7.85. The molecule has 0 bridgehead atoms. The molecule has 0 radical (unpaired) electrons. The van der Waals surface area contributed by atoms with E-state index in [1.54, 1.807) is 0 Å². The van der Waals surface area contributed by atoms with Gasteiger partial charge in [-0.25, -0.2) is 4.98 Å². The predicted molar refractivity (Wildman–Crippen MR) is 112 cm³/mol. The van der Waals surface area contributed by atoms with E-state index in [1.165, 1.54) is 35.6 Å². The summed E-state index contributed by atoms with van der Waals surface area (Å²) in [6.07, 6.45) is 5.08. The lowest BCUT2D eigenvalue weighted by Gasteiger charge is -2.32. The molecule has 4 heteroatoms. The van der Waals surface area contributed by atoms with Gasteiger partial charge in [0.25, 0.3) is 0 Å². The highest BCUT2D eigenvalue weighted by Crippen LogP contribution is 2.37. The van der Waals surface area contributed by atoms with Gasteiger partial charge in [-0.3, -0.25) is 0 Å². The molecule has 1 aliphatic rings. The van der Waals surface area contributed by atoms with Crippen LogP contribution in [0.25, 0.3) is 10.2 Å². The van der Waals surface area contributed by atoms with Crippen molar-refractivity contribution in [3.8, 4) is 0 Å². The van der Waals surface area contributed by atoms with Crippen molar-refractivity contribution in [3.63, 3.8) is 0 Å². The number of hydrogen-bond donors (Lipinski definition) is 1. The standard InChI is InChI=1S/C15H22N2S.C6H13N/c1-5-15(6-2,11-17(3)4)14-16-12-9-7-8-10-13(12)18-14;1-6-3-2-4-7-5-6/h7-10H,5-6,11H2,1-4H3;6-7H,2-5H2,1H3. The minimum Gasteiger partial charge on any atom is -0.316 e. The molecule has 3 nitrogen and oxygen atoms in total. The minimum absolute atomic E-state index is 0.202. The Labute approximate surface area is 157 Å². The van der Waals surface area contributed by atoms with E-state index in [-0.39, 0.29) is 5.41 Å². The Morgan fingerprint density at radius 3 is 2.44 bits per heavy atom. The van der Waals surface area contributed by atoms with Gasteiger partial charge in [-0.05, 0) is 70.9 Å². The molecule has 0 amide bonds. The molecule has 1 fully saturated rings. The fourth-order valence-corrected chi connectivity index (χ4v) is 4.86. The highest BCUT2D eigenvalue weighted by molar-refractivity contribution is 7.18. The minimum atomic E-state index is 0.202. The predicted octanol–water partition coefficient (Wildman–Crippen LogP) is 4.92. The number of likely N-dealkylation sites (N-methyl/N-ethyl adjacent to an activating group) is 1. The van der Waals surface area contributed by atoms with E-state index in [0.29, 0.717) is 0 Å². The number of rotatable bonds is 5. The number of nitrogens with zero attached hydrogens (tertiary/aromatic N) is 2. The summed E-state index contributed by atoms with van der Waals surface area (Å²) in [5.41, 5.74) is 1.34. The maximum Gasteiger partial charge on any atom is 0.101 e. The Bertz CT molecular complexity index is 592. The van der Waals surface area contributed by atoms with Gasteiger partial charge >= 0.3 is 0 Å². The molecular formula is C21H35N3S. The molecule has 1 aromatic heterocycles. The molecule has 0 aliphatic carbocycles. The molecule has 25 heavy (non-hydrogen) atoms. The summed E-state index contributed by atoms with van der Waals surface area (Å²) < 4.78 is 1.30. The van der Waals surface area contributed by atoms with Crippen LogP contribution in [0.5, 0.6) is 0 Å². The second kappa shape index (κ2) is 9.65. The van der Waals surface area contributed by atoms with Crippen molar-refractivity contribution in [3.05, 3.63) is 29.3 Å². The van der Waals surface area contributed by atoms with Gasteiger partial charge in [-0.1, -0.05) is 32.9 Å². The van der Waals surface area contributed by atoms with E-state index in [0.717, 1.165) is 30.8 Å². The zero-order valence-electron chi connectivity index (χ0n) is 16.6. The lowest BCUT2D eigenvalue weighted by Crippen LogP contribution is -2.36. The van der Waals surface area contributed by atoms with Crippen molar-refractivity contribution >= 4 is 21.6 Å². The molecule has 1 saturated heterocycles. The maximum atomic E-state index is 4.87. The van der Waals surface area contributed by atoms with Crippen molar-refractivity contribution in [1.82, 2.24) is 15.2 Å². The quantitative estimate of drug-likeness (QED) is 0.819. The Morgan fingerprint density at radius 2 is 1.96 bits per heavy atom. The SMILES string of the molecule is CC1CCCNC1.CCC(CC)(CN(C)C)c1nc2ccccc2s1. The number of piperidine rings is 1. The third kappa shape index (κ3) is 5.50. The molecule has 0 spiro atoms. The van der Waals surface area contributed by atoms with Crippen molar-refractivity contribution in [2.24, 2.45) is 5.92 Å². The van der Waals surface area contributed by atoms with Crippen LogP contribution >= 0.6 is 11.3 Å². The van der Waals surface area contributed by atoms with Crippen LogP contribution < -0.4 is 5.32 Å². The van der Waals surface area contributed by atoms with Crippen LogP contribution in [0.3, 0.4) is 0 Å². The van der Waals surface area contributed by atoms with E-state index in [4.69, 9.17) is 4.98 Å². The fraction of sp³-hybridized carbons (Fsp3) is 0.667. The third-order valence-corrected chi connectivity index (χ3v) is 6.55. The maximum absolute atomic E-state index is 4.87. The molecule has 2 heterocycles. The normalized spacial score (nSPS) is 18.2. The van der Waals surface area contributed by atoms with E-state index >= 15 is 0 Å². The second-order valence-electron chi connectivity index (χ2n) is 7.66. The summed E-state index contributed by atoms with van der Waals surface area (Å²) in [7, 11) is 4.29. The van der Waals surface area contributed by atoms with Gasteiger partial charge in [0.15, 0.2) is 0 Å². The summed E-state index contributed by atoms with van der Waals surface area (Å²) >= 11 is 1.86. The molecule has 2 aromatic rings. The number of thiazole rings is 1. The first-order valence-corrected chi connectivity index (χ1v) is 10.5. The summed E-state index contributed by atoms with van der Waals surface area (Å²) in [5.74, 6) is 0.925. The summed E-state index contributed by atoms with van der Waals surface area (Å²) in [5, 5.41) is 4.63. The van der Waals surface area contributed by atoms with Gasteiger partial charge in [0, 0.05) is 12.0 Å². The average molecular weight is 362 g/mol. The van der Waals surface area contributed by atoms with Crippen molar-refractivity contribution in [1.29, 1.82) is 0 Å². The fourth-order valence-electron chi connectivity index (χ4n) is 3.57. The first-order chi connectivity index (χ1) is 12.0. The monoisotopic (exact) mass is 361 g/mol. The van der Waals surface area contributed by atoms with Crippen LogP contribution in [-0.2, 0) is 5.41 Å². The van der Waals surface area contributed by atoms with Crippen LogP contribution in [0.4, 0.5) is 0 Å². The Balaban J connectivity index is 0.000000269. The summed E-state index contributed by atoms with van der Waals surface area (Å²) in [4.78, 5) is 7.15. The van der Waals surface area contributed by atoms with Crippen molar-refractivity contribution in [2.75, 3.05) is 33.7 Å². The van der Waals surface area contributed by atoms with Gasteiger partial charge in [0.1, 0.15) is 5.01 Å². The molecule has 1 unspecified atom stereocenters. The molecule has 1 aliphatic heterocycles. The summed E-state index contributed by atoms with van der Waals surface area (Å²) in [6, 6.07) is 8.44. The van der Waals surface area contributed by atoms with Gasteiger partial charge in [0.2, 0.25) is 0 Å². The van der Waals surface area contributed by atoms with Gasteiger partial charge in [-0.2, -0.15) is 0 Å². The highest BCUT2D eigenvalue weighted by atomic mass is 32.1. The first kappa shape index (κ1) is 20.3. The van der Waals surface area contributed by atoms with Crippen LogP contribution in [0.15, 0.2) is 24.3 Å². The number of hydrogen-bond acceptors (Lipinski definition) is 4. The van der Waals surface area contributed by atoms with Crippen LogP contribution in [0.1, 0.15) is 51.5 Å². The highest BCUT2D eigenvalue weighted by Gasteiger charge is 2.32. The third-order valence-electron chi connectivity index (χ3n) is 5.26. The number of fused-ring (bicyclic) bond motifs is 1. The van der Waals surface area contributed by atoms with E-state index < -0.39 is 0 Å². The van der Waals surface area contributed by atoms with Crippen molar-refractivity contribution in [2.45, 2.75) is 51.9 Å². The average Bonchev–Trinajstić information content (AvgIpc) is 3.05. The molecule has 1 N–H and O–H groups in total. The first-order valence-electron chi connectivity index (χ1n) is 9.72. The van der Waals surface area contributed by atoms with Crippen molar-refractivity contribution < 1.29 is 0 Å². The molecular weight excluding hydrogens is 326 g/mol. The molecule has 3 rings (SSSR count). The van der Waals surface area contributed by atoms with Crippen LogP contribution in [-0.4, -0.2) is 43.6 Å². The lowest BCUT2D eigenvalue weighted by atomic mass is 9.82. The number of aromatic nitrogens is 1. The summed E-state index contributed by atoms with van der Waals surface area (Å²) in [6.45, 7) is 10.4. The molecule has 140 valence electrons. The lowest BCUT2D eigenvalue weighted by molar-refractivity contribution is 0.264. The van der Waals surface area contributed by atoms with Crippen LogP contribution in [0, 0.1) is 5.92 Å². The van der Waals surface area contributed by atoms with E-state index in [2.05, 4.69) is 69.3 Å². The second-order valence-corrected chi connectivity index (χ2v) is 8.69. The van der Waals surface area contributed by atoms with E-state index in [9.17, 15) is 0 Å². The smallest absolute Gasteiger partial charge is 0.101 e. The van der Waals surface area contributed by atoms with Gasteiger partial charge in [-0.15, -0.1) is 11.3 Å². The van der Waals surface area contributed by atoms with Gasteiger partial charge < -0.3 is 10.2 Å². The zero-order valence-corrected chi connectivity index (χ0v) is 17.5. The number of benzene rings is 1. The Morgan fingerprint density at radius 1 is 1.24 bits per heavy atom. The van der Waals surface area contributed by atoms with Gasteiger partial charge in [0.05, 0.1) is 10.2 Å². The van der Waals surface area contributed by atoms with Crippen LogP contribution in [0.2, 0.25) is 0 Å². The molecule has 1 atom stereocenters. The molecule has 1 aromatic carbocycles. The number of nitrogens with one attached hydrogen (secondary N) is 1. The zero-order chi connectivity index (χ0) is 18.3. The number of para-hydroxylation sites is 1. The topological polar surface area (TPSA) is 28.2 Å². The van der Waals surface area contributed by atoms with E-state index in [1.807, 2.05) is 11.3 Å². The Hall–Kier alpha value is -0.970. The molecule has 0 saturated carbocycles. The largest absolute Gasteiger partial charge is 0.316 e.